The average Bonchev–Trinajstić information content (AvgIpc) is 1.65. The summed E-state index contributed by atoms with van der Waals surface area (Å²) in [6.45, 7) is 6.34. The van der Waals surface area contributed by atoms with Gasteiger partial charge in [0.2, 0.25) is 0 Å². The molecule has 0 heterocycles. The van der Waals surface area contributed by atoms with Crippen molar-refractivity contribution in [3.05, 3.63) is 0 Å². The molecule has 0 bridgehead atoms. The highest BCUT2D eigenvalue weighted by molar-refractivity contribution is 6.18. The van der Waals surface area contributed by atoms with Gasteiger partial charge in [0, 0.05) is 13.0 Å². The van der Waals surface area contributed by atoms with E-state index in [0.717, 1.165) is 0 Å². The molecule has 0 spiro atoms. The van der Waals surface area contributed by atoms with Crippen LogP contribution in [0.4, 0.5) is 0 Å². The van der Waals surface area contributed by atoms with Gasteiger partial charge in [-0.1, -0.05) is 20.8 Å². The summed E-state index contributed by atoms with van der Waals surface area (Å²) < 4.78 is 5.13. The van der Waals surface area contributed by atoms with Gasteiger partial charge in [-0.15, -0.1) is 11.6 Å². The second-order valence-electron chi connectivity index (χ2n) is 3.24. The van der Waals surface area contributed by atoms with Crippen molar-refractivity contribution < 1.29 is 4.74 Å². The molecule has 0 aliphatic carbocycles. The molecular weight excluding hydrogens is 136 g/mol. The van der Waals surface area contributed by atoms with Crippen LogP contribution in [0.1, 0.15) is 20.8 Å². The molecule has 0 N–H and O–H groups in total. The molecule has 0 aliphatic heterocycles. The van der Waals surface area contributed by atoms with Crippen molar-refractivity contribution in [1.82, 2.24) is 0 Å². The van der Waals surface area contributed by atoms with Crippen LogP contribution in [-0.2, 0) is 4.74 Å². The molecule has 0 aromatic carbocycles. The Bertz CT molecular complexity index is 71.5. The van der Waals surface area contributed by atoms with Crippen molar-refractivity contribution >= 4 is 11.6 Å². The van der Waals surface area contributed by atoms with Gasteiger partial charge in [-0.2, -0.15) is 0 Å². The van der Waals surface area contributed by atoms with Crippen LogP contribution in [0.2, 0.25) is 0 Å². The van der Waals surface area contributed by atoms with Crippen LogP contribution >= 0.6 is 11.6 Å². The smallest absolute Gasteiger partial charge is 0.0754 e. The zero-order valence-electron chi connectivity index (χ0n) is 6.57. The number of hydrogen-bond donors (Lipinski definition) is 0. The molecule has 0 aromatic rings. The van der Waals surface area contributed by atoms with Crippen LogP contribution in [0, 0.1) is 5.41 Å². The van der Waals surface area contributed by atoms with Gasteiger partial charge in [-0.3, -0.25) is 0 Å². The summed E-state index contributed by atoms with van der Waals surface area (Å²) in [7, 11) is 1.69. The normalized spacial score (nSPS) is 15.7. The third-order valence-corrected chi connectivity index (χ3v) is 1.67. The summed E-state index contributed by atoms with van der Waals surface area (Å²) in [6.07, 6.45) is 0.166. The average molecular weight is 151 g/mol. The monoisotopic (exact) mass is 150 g/mol. The third kappa shape index (κ3) is 3.07. The topological polar surface area (TPSA) is 9.23 Å². The molecule has 0 rings (SSSR count). The standard InChI is InChI=1S/C7H15ClO/c1-7(2,3)6(5-8)9-4/h6H,5H2,1-4H3. The predicted octanol–water partition coefficient (Wildman–Crippen LogP) is 2.29. The Balaban J connectivity index is 3.79. The molecule has 1 unspecified atom stereocenters. The lowest BCUT2D eigenvalue weighted by molar-refractivity contribution is 0.0340. The van der Waals surface area contributed by atoms with Gasteiger partial charge in [-0.25, -0.2) is 0 Å². The summed E-state index contributed by atoms with van der Waals surface area (Å²) in [5.74, 6) is 0.569. The zero-order chi connectivity index (χ0) is 7.49. The summed E-state index contributed by atoms with van der Waals surface area (Å²) in [4.78, 5) is 0. The van der Waals surface area contributed by atoms with Gasteiger partial charge in [0.25, 0.3) is 0 Å². The number of halogens is 1. The fourth-order valence-electron chi connectivity index (χ4n) is 0.648. The fourth-order valence-corrected chi connectivity index (χ4v) is 1.24. The maximum atomic E-state index is 5.63. The Hall–Kier alpha value is 0.250. The highest BCUT2D eigenvalue weighted by atomic mass is 35.5. The van der Waals surface area contributed by atoms with Crippen molar-refractivity contribution in [2.24, 2.45) is 5.41 Å². The summed E-state index contributed by atoms with van der Waals surface area (Å²) >= 11 is 5.63. The van der Waals surface area contributed by atoms with E-state index < -0.39 is 0 Å². The molecule has 0 aromatic heterocycles. The van der Waals surface area contributed by atoms with Crippen LogP contribution in [0.15, 0.2) is 0 Å². The Morgan fingerprint density at radius 2 is 1.89 bits per heavy atom. The maximum absolute atomic E-state index is 5.63. The SMILES string of the molecule is COC(CCl)C(C)(C)C. The summed E-state index contributed by atoms with van der Waals surface area (Å²) in [5, 5.41) is 0. The van der Waals surface area contributed by atoms with Crippen molar-refractivity contribution in [3.63, 3.8) is 0 Å². The Morgan fingerprint density at radius 3 is 1.89 bits per heavy atom. The number of hydrogen-bond acceptors (Lipinski definition) is 1. The highest BCUT2D eigenvalue weighted by Gasteiger charge is 2.22. The fraction of sp³-hybridized carbons (Fsp3) is 1.00. The minimum absolute atomic E-state index is 0.163. The lowest BCUT2D eigenvalue weighted by Gasteiger charge is -2.27. The quantitative estimate of drug-likeness (QED) is 0.549. The molecular formula is C7H15ClO. The molecule has 0 saturated carbocycles. The lowest BCUT2D eigenvalue weighted by Crippen LogP contribution is -2.29. The number of alkyl halides is 1. The van der Waals surface area contributed by atoms with Gasteiger partial charge in [-0.05, 0) is 5.41 Å². The molecule has 9 heavy (non-hydrogen) atoms. The molecule has 2 heteroatoms. The van der Waals surface area contributed by atoms with Crippen LogP contribution in [0.25, 0.3) is 0 Å². The highest BCUT2D eigenvalue weighted by Crippen LogP contribution is 2.22. The van der Waals surface area contributed by atoms with Crippen molar-refractivity contribution in [3.8, 4) is 0 Å². The molecule has 0 radical (unpaired) electrons. The van der Waals surface area contributed by atoms with Crippen LogP contribution in [0.3, 0.4) is 0 Å². The molecule has 0 saturated heterocycles. The van der Waals surface area contributed by atoms with Gasteiger partial charge in [0.1, 0.15) is 0 Å². The van der Waals surface area contributed by atoms with Gasteiger partial charge in [0.05, 0.1) is 6.10 Å². The van der Waals surface area contributed by atoms with E-state index in [0.29, 0.717) is 5.88 Å². The second-order valence-corrected chi connectivity index (χ2v) is 3.55. The first kappa shape index (κ1) is 9.25. The largest absolute Gasteiger partial charge is 0.380 e. The van der Waals surface area contributed by atoms with Crippen LogP contribution in [0.5, 0.6) is 0 Å². The van der Waals surface area contributed by atoms with E-state index in [1.807, 2.05) is 0 Å². The lowest BCUT2D eigenvalue weighted by atomic mass is 9.90. The van der Waals surface area contributed by atoms with E-state index in [4.69, 9.17) is 16.3 Å². The number of methoxy groups -OCH3 is 1. The summed E-state index contributed by atoms with van der Waals surface area (Å²) in [6, 6.07) is 0. The van der Waals surface area contributed by atoms with Gasteiger partial charge >= 0.3 is 0 Å². The van der Waals surface area contributed by atoms with E-state index in [-0.39, 0.29) is 11.5 Å². The first-order chi connectivity index (χ1) is 4.02. The van der Waals surface area contributed by atoms with E-state index in [1.54, 1.807) is 7.11 Å². The van der Waals surface area contributed by atoms with Gasteiger partial charge in [0.15, 0.2) is 0 Å². The minimum atomic E-state index is 0.163. The predicted molar refractivity (Wildman–Crippen MR) is 41.0 cm³/mol. The second kappa shape index (κ2) is 3.43. The maximum Gasteiger partial charge on any atom is 0.0754 e. The number of ether oxygens (including phenoxy) is 1. The first-order valence-electron chi connectivity index (χ1n) is 3.11. The Labute approximate surface area is 62.3 Å². The molecule has 0 amide bonds. The molecule has 56 valence electrons. The molecule has 0 aliphatic rings. The minimum Gasteiger partial charge on any atom is -0.380 e. The zero-order valence-corrected chi connectivity index (χ0v) is 7.33. The van der Waals surface area contributed by atoms with E-state index in [9.17, 15) is 0 Å². The Morgan fingerprint density at radius 1 is 1.44 bits per heavy atom. The van der Waals surface area contributed by atoms with E-state index in [1.165, 1.54) is 0 Å². The van der Waals surface area contributed by atoms with E-state index >= 15 is 0 Å². The van der Waals surface area contributed by atoms with Crippen molar-refractivity contribution in [1.29, 1.82) is 0 Å². The third-order valence-electron chi connectivity index (χ3n) is 1.39. The molecule has 1 nitrogen and oxygen atoms in total. The van der Waals surface area contributed by atoms with Crippen molar-refractivity contribution in [2.75, 3.05) is 13.0 Å². The molecule has 0 fully saturated rings. The van der Waals surface area contributed by atoms with E-state index in [2.05, 4.69) is 20.8 Å². The number of rotatable bonds is 2. The van der Waals surface area contributed by atoms with Crippen LogP contribution < -0.4 is 0 Å². The first-order valence-corrected chi connectivity index (χ1v) is 3.64. The Kier molecular flexibility index (Phi) is 3.52. The van der Waals surface area contributed by atoms with Crippen molar-refractivity contribution in [2.45, 2.75) is 26.9 Å². The van der Waals surface area contributed by atoms with Crippen LogP contribution in [-0.4, -0.2) is 19.1 Å². The van der Waals surface area contributed by atoms with Gasteiger partial charge < -0.3 is 4.74 Å². The summed E-state index contributed by atoms with van der Waals surface area (Å²) in [5.41, 5.74) is 0.163. The molecule has 1 atom stereocenters.